The Hall–Kier alpha value is -2.33. The zero-order chi connectivity index (χ0) is 18.9. The topological polar surface area (TPSA) is 35.6 Å². The summed E-state index contributed by atoms with van der Waals surface area (Å²) >= 11 is 0. The van der Waals surface area contributed by atoms with E-state index in [2.05, 4.69) is 65.4 Å². The highest BCUT2D eigenvalue weighted by atomic mass is 16.2. The van der Waals surface area contributed by atoms with E-state index in [1.54, 1.807) is 0 Å². The maximum atomic E-state index is 12.3. The summed E-state index contributed by atoms with van der Waals surface area (Å²) in [6.07, 6.45) is 0.872. The number of nitrogens with zero attached hydrogens (tertiary/aromatic N) is 2. The molecule has 0 saturated carbocycles. The van der Waals surface area contributed by atoms with Gasteiger partial charge in [0, 0.05) is 32.9 Å². The lowest BCUT2D eigenvalue weighted by atomic mass is 10.1. The fourth-order valence-electron chi connectivity index (χ4n) is 2.92. The van der Waals surface area contributed by atoms with E-state index in [9.17, 15) is 4.79 Å². The molecule has 26 heavy (non-hydrogen) atoms. The molecule has 0 heterocycles. The summed E-state index contributed by atoms with van der Waals surface area (Å²) in [5.41, 5.74) is 4.98. The smallest absolute Gasteiger partial charge is 0.234 e. The third kappa shape index (κ3) is 6.19. The molecule has 0 fully saturated rings. The van der Waals surface area contributed by atoms with Gasteiger partial charge in [0.05, 0.1) is 6.54 Å². The molecule has 0 unspecified atom stereocenters. The Kier molecular flexibility index (Phi) is 7.67. The van der Waals surface area contributed by atoms with Crippen molar-refractivity contribution in [2.75, 3.05) is 38.6 Å². The Morgan fingerprint density at radius 2 is 1.73 bits per heavy atom. The van der Waals surface area contributed by atoms with Crippen LogP contribution >= 0.6 is 0 Å². The van der Waals surface area contributed by atoms with Crippen LogP contribution in [0.5, 0.6) is 0 Å². The summed E-state index contributed by atoms with van der Waals surface area (Å²) < 4.78 is 0. The summed E-state index contributed by atoms with van der Waals surface area (Å²) in [5.74, 6) is 0.0883. The number of nitrogens with one attached hydrogen (secondary N) is 1. The molecule has 140 valence electrons. The third-order valence-electron chi connectivity index (χ3n) is 4.65. The van der Waals surface area contributed by atoms with E-state index >= 15 is 0 Å². The van der Waals surface area contributed by atoms with Gasteiger partial charge in [-0.1, -0.05) is 43.3 Å². The van der Waals surface area contributed by atoms with E-state index in [1.165, 1.54) is 22.4 Å². The molecule has 0 aromatic heterocycles. The first kappa shape index (κ1) is 20.0. The highest BCUT2D eigenvalue weighted by molar-refractivity contribution is 5.78. The lowest BCUT2D eigenvalue weighted by Crippen LogP contribution is -2.37. The molecule has 0 aliphatic heterocycles. The van der Waals surface area contributed by atoms with Gasteiger partial charge in [0.2, 0.25) is 5.91 Å². The van der Waals surface area contributed by atoms with Gasteiger partial charge < -0.3 is 10.2 Å². The molecule has 2 aromatic carbocycles. The quantitative estimate of drug-likeness (QED) is 0.752. The molecule has 4 nitrogen and oxygen atoms in total. The second-order valence-electron chi connectivity index (χ2n) is 6.89. The van der Waals surface area contributed by atoms with E-state index in [4.69, 9.17) is 0 Å². The Morgan fingerprint density at radius 3 is 2.35 bits per heavy atom. The number of anilines is 1. The maximum absolute atomic E-state index is 12.3. The second kappa shape index (κ2) is 9.97. The molecule has 0 spiro atoms. The summed E-state index contributed by atoms with van der Waals surface area (Å²) in [5, 5.41) is 3.05. The van der Waals surface area contributed by atoms with Crippen molar-refractivity contribution < 1.29 is 4.79 Å². The minimum atomic E-state index is 0.0883. The molecule has 0 bridgehead atoms. The number of hydrogen-bond donors (Lipinski definition) is 1. The highest BCUT2D eigenvalue weighted by Gasteiger charge is 2.10. The van der Waals surface area contributed by atoms with Gasteiger partial charge in [0.15, 0.2) is 0 Å². The number of benzene rings is 2. The van der Waals surface area contributed by atoms with Crippen molar-refractivity contribution in [3.8, 4) is 0 Å². The number of likely N-dealkylation sites (N-methyl/N-ethyl adjacent to an activating group) is 1. The Morgan fingerprint density at radius 1 is 1.04 bits per heavy atom. The average molecular weight is 354 g/mol. The van der Waals surface area contributed by atoms with Crippen LogP contribution in [0.2, 0.25) is 0 Å². The van der Waals surface area contributed by atoms with Crippen LogP contribution in [0, 0.1) is 6.92 Å². The number of aryl methyl sites for hydroxylation is 1. The lowest BCUT2D eigenvalue weighted by Gasteiger charge is -2.20. The van der Waals surface area contributed by atoms with Crippen molar-refractivity contribution in [1.29, 1.82) is 0 Å². The minimum Gasteiger partial charge on any atom is -0.378 e. The highest BCUT2D eigenvalue weighted by Crippen LogP contribution is 2.13. The van der Waals surface area contributed by atoms with Crippen LogP contribution in [0.3, 0.4) is 0 Å². The molecule has 2 aromatic rings. The van der Waals surface area contributed by atoms with E-state index in [0.717, 1.165) is 19.5 Å². The molecule has 0 radical (unpaired) electrons. The average Bonchev–Trinajstić information content (AvgIpc) is 2.63. The summed E-state index contributed by atoms with van der Waals surface area (Å²) in [7, 11) is 4.07. The minimum absolute atomic E-state index is 0.0883. The predicted octanol–water partition coefficient (Wildman–Crippen LogP) is 3.24. The van der Waals surface area contributed by atoms with E-state index in [1.807, 2.05) is 26.2 Å². The first-order chi connectivity index (χ1) is 12.5. The Balaban J connectivity index is 1.79. The molecular weight excluding hydrogens is 322 g/mol. The Labute approximate surface area is 157 Å². The normalized spacial score (nSPS) is 10.8. The monoisotopic (exact) mass is 353 g/mol. The maximum Gasteiger partial charge on any atom is 0.234 e. The number of rotatable bonds is 9. The molecular formula is C22H31N3O. The van der Waals surface area contributed by atoms with E-state index in [-0.39, 0.29) is 5.91 Å². The van der Waals surface area contributed by atoms with Gasteiger partial charge in [-0.3, -0.25) is 9.69 Å². The molecule has 0 atom stereocenters. The first-order valence-electron chi connectivity index (χ1n) is 9.29. The SMILES string of the molecule is CCN(CC(=O)NCCc1ccccc1C)Cc1ccc(N(C)C)cc1. The van der Waals surface area contributed by atoms with Gasteiger partial charge in [0.1, 0.15) is 0 Å². The van der Waals surface area contributed by atoms with Crippen LogP contribution in [0.25, 0.3) is 0 Å². The second-order valence-corrected chi connectivity index (χ2v) is 6.89. The number of hydrogen-bond acceptors (Lipinski definition) is 3. The number of carbonyl (C=O) groups is 1. The van der Waals surface area contributed by atoms with Crippen LogP contribution in [0.4, 0.5) is 5.69 Å². The number of carbonyl (C=O) groups excluding carboxylic acids is 1. The van der Waals surface area contributed by atoms with Crippen molar-refractivity contribution in [1.82, 2.24) is 10.2 Å². The molecule has 0 aliphatic rings. The van der Waals surface area contributed by atoms with Crippen molar-refractivity contribution in [2.45, 2.75) is 26.8 Å². The van der Waals surface area contributed by atoms with E-state index in [0.29, 0.717) is 13.1 Å². The van der Waals surface area contributed by atoms with Crippen LogP contribution in [0.15, 0.2) is 48.5 Å². The van der Waals surface area contributed by atoms with Gasteiger partial charge in [-0.25, -0.2) is 0 Å². The van der Waals surface area contributed by atoms with Crippen molar-refractivity contribution in [3.63, 3.8) is 0 Å². The van der Waals surface area contributed by atoms with Crippen molar-refractivity contribution in [2.24, 2.45) is 0 Å². The largest absolute Gasteiger partial charge is 0.378 e. The number of amides is 1. The predicted molar refractivity (Wildman–Crippen MR) is 110 cm³/mol. The third-order valence-corrected chi connectivity index (χ3v) is 4.65. The van der Waals surface area contributed by atoms with E-state index < -0.39 is 0 Å². The molecule has 1 N–H and O–H groups in total. The molecule has 0 aliphatic carbocycles. The lowest BCUT2D eigenvalue weighted by molar-refractivity contribution is -0.122. The molecule has 1 amide bonds. The van der Waals surface area contributed by atoms with Gasteiger partial charge >= 0.3 is 0 Å². The fourth-order valence-corrected chi connectivity index (χ4v) is 2.92. The zero-order valence-corrected chi connectivity index (χ0v) is 16.5. The van der Waals surface area contributed by atoms with Crippen LogP contribution in [-0.2, 0) is 17.8 Å². The van der Waals surface area contributed by atoms with Crippen LogP contribution in [0.1, 0.15) is 23.6 Å². The van der Waals surface area contributed by atoms with Crippen LogP contribution in [-0.4, -0.2) is 44.5 Å². The molecule has 2 rings (SSSR count). The first-order valence-corrected chi connectivity index (χ1v) is 9.29. The standard InChI is InChI=1S/C22H31N3O/c1-5-25(16-19-10-12-21(13-11-19)24(3)4)17-22(26)23-15-14-20-9-7-6-8-18(20)2/h6-13H,5,14-17H2,1-4H3,(H,23,26). The summed E-state index contributed by atoms with van der Waals surface area (Å²) in [6, 6.07) is 16.8. The molecule has 4 heteroatoms. The van der Waals surface area contributed by atoms with Gasteiger partial charge in [0.25, 0.3) is 0 Å². The van der Waals surface area contributed by atoms with Gasteiger partial charge in [-0.2, -0.15) is 0 Å². The Bertz CT molecular complexity index is 695. The van der Waals surface area contributed by atoms with Gasteiger partial charge in [-0.05, 0) is 48.7 Å². The van der Waals surface area contributed by atoms with Gasteiger partial charge in [-0.15, -0.1) is 0 Å². The summed E-state index contributed by atoms with van der Waals surface area (Å²) in [4.78, 5) is 16.5. The fraction of sp³-hybridized carbons (Fsp3) is 0.409. The zero-order valence-electron chi connectivity index (χ0n) is 16.5. The summed E-state index contributed by atoms with van der Waals surface area (Å²) in [6.45, 7) is 6.95. The molecule has 0 saturated heterocycles. The van der Waals surface area contributed by atoms with Crippen molar-refractivity contribution >= 4 is 11.6 Å². The van der Waals surface area contributed by atoms with Crippen LogP contribution < -0.4 is 10.2 Å². The van der Waals surface area contributed by atoms with Crippen molar-refractivity contribution in [3.05, 3.63) is 65.2 Å².